The van der Waals surface area contributed by atoms with Crippen LogP contribution in [0.25, 0.3) is 0 Å². The van der Waals surface area contributed by atoms with E-state index in [1.54, 1.807) is 60.7 Å². The summed E-state index contributed by atoms with van der Waals surface area (Å²) in [5.74, 6) is 3.17. The summed E-state index contributed by atoms with van der Waals surface area (Å²) in [6.07, 6.45) is 3.89. The summed E-state index contributed by atoms with van der Waals surface area (Å²) in [5.41, 5.74) is 3.14. The number of hydrogen-bond acceptors (Lipinski definition) is 9. The van der Waals surface area contributed by atoms with Crippen molar-refractivity contribution in [2.75, 3.05) is 24.7 Å². The number of rotatable bonds is 12. The Morgan fingerprint density at radius 3 is 2.12 bits per heavy atom. The van der Waals surface area contributed by atoms with E-state index in [-0.39, 0.29) is 25.4 Å². The number of nitrogens with one attached hydrogen (secondary N) is 2. The third-order valence-corrected chi connectivity index (χ3v) is 14.5. The van der Waals surface area contributed by atoms with Crippen LogP contribution in [-0.2, 0) is 24.5 Å². The molecule has 364 valence electrons. The van der Waals surface area contributed by atoms with Crippen molar-refractivity contribution in [1.29, 1.82) is 0 Å². The van der Waals surface area contributed by atoms with Crippen LogP contribution in [0.15, 0.2) is 175 Å². The molecule has 0 unspecified atom stereocenters. The van der Waals surface area contributed by atoms with E-state index in [0.717, 1.165) is 47.3 Å². The molecule has 1 aliphatic carbocycles. The Morgan fingerprint density at radius 1 is 0.792 bits per heavy atom. The molecule has 6 aromatic rings. The molecule has 4 aliphatic rings. The molecule has 8 atom stereocenters. The number of carbonyl (C=O) groups excluding carboxylic acids is 4. The van der Waals surface area contributed by atoms with Crippen LogP contribution in [0.5, 0.6) is 5.75 Å². The van der Waals surface area contributed by atoms with E-state index in [1.807, 2.05) is 115 Å². The standard InChI is InChI=1S/C60H56N4O8/c1-39(42-21-9-3-10-22-42)62-59(70)63-48-34-33-41(32-31-40-19-7-2-8-20-40)37-47(48)60(58(63)69)51(56(67)61-38-49(66)43-23-11-4-12-24-43)53-57(68)72-54(45-27-15-6-16-28-45)52(44-25-13-5-14-26-44)64(53)55(60)46-29-17-18-30-50(46)71-36-35-65/h3-6,9-19,21-30,33-34,37,39,49,51-55,65-66H,2,7-8,20,35-36,38H2,1H3,(H,61,67)(H,62,70)/t39-,49+,51-,52-,53-,54+,55+,60-/m1/s1. The van der Waals surface area contributed by atoms with Crippen molar-refractivity contribution in [2.45, 2.75) is 74.4 Å². The summed E-state index contributed by atoms with van der Waals surface area (Å²) in [5, 5.41) is 27.8. The van der Waals surface area contributed by atoms with Gasteiger partial charge in [0.15, 0.2) is 0 Å². The van der Waals surface area contributed by atoms with Gasteiger partial charge in [0.25, 0.3) is 0 Å². The van der Waals surface area contributed by atoms with E-state index in [1.165, 1.54) is 0 Å². The maximum Gasteiger partial charge on any atom is 0.329 e. The Hall–Kier alpha value is -7.82. The summed E-state index contributed by atoms with van der Waals surface area (Å²) in [6.45, 7) is 1.13. The van der Waals surface area contributed by atoms with Crippen molar-refractivity contribution < 1.29 is 38.9 Å². The van der Waals surface area contributed by atoms with Gasteiger partial charge in [0, 0.05) is 17.7 Å². The number of nitrogens with zero attached hydrogens (tertiary/aromatic N) is 2. The van der Waals surface area contributed by atoms with Gasteiger partial charge in [-0.1, -0.05) is 157 Å². The highest BCUT2D eigenvalue weighted by atomic mass is 16.6. The van der Waals surface area contributed by atoms with Gasteiger partial charge >= 0.3 is 12.0 Å². The zero-order chi connectivity index (χ0) is 49.8. The third kappa shape index (κ3) is 8.85. The number of morpholine rings is 1. The van der Waals surface area contributed by atoms with Crippen LogP contribution in [0.4, 0.5) is 10.5 Å². The number of amides is 4. The molecule has 2 fully saturated rings. The predicted octanol–water partition coefficient (Wildman–Crippen LogP) is 8.90. The molecule has 0 saturated carbocycles. The highest BCUT2D eigenvalue weighted by Gasteiger charge is 2.76. The number of para-hydroxylation sites is 1. The number of imide groups is 1. The molecule has 3 aliphatic heterocycles. The van der Waals surface area contributed by atoms with Crippen LogP contribution in [-0.4, -0.2) is 64.7 Å². The monoisotopic (exact) mass is 960 g/mol. The van der Waals surface area contributed by atoms with Gasteiger partial charge in [0.05, 0.1) is 42.4 Å². The van der Waals surface area contributed by atoms with E-state index >= 15 is 19.2 Å². The summed E-state index contributed by atoms with van der Waals surface area (Å²) in [7, 11) is 0. The van der Waals surface area contributed by atoms with Crippen LogP contribution in [0.3, 0.4) is 0 Å². The van der Waals surface area contributed by atoms with Crippen molar-refractivity contribution >= 4 is 29.5 Å². The number of cyclic esters (lactones) is 1. The lowest BCUT2D eigenvalue weighted by atomic mass is 9.65. The molecule has 12 nitrogen and oxygen atoms in total. The number of esters is 1. The molecule has 0 radical (unpaired) electrons. The molecule has 2 saturated heterocycles. The average Bonchev–Trinajstić information content (AvgIpc) is 3.88. The third-order valence-electron chi connectivity index (χ3n) is 14.5. The maximum absolute atomic E-state index is 16.8. The highest BCUT2D eigenvalue weighted by Crippen LogP contribution is 2.66. The van der Waals surface area contributed by atoms with Gasteiger partial charge in [-0.3, -0.25) is 19.3 Å². The molecule has 4 N–H and O–H groups in total. The summed E-state index contributed by atoms with van der Waals surface area (Å²) < 4.78 is 13.0. The minimum atomic E-state index is -2.10. The highest BCUT2D eigenvalue weighted by molar-refractivity contribution is 6.24. The van der Waals surface area contributed by atoms with E-state index in [9.17, 15) is 10.2 Å². The van der Waals surface area contributed by atoms with Crippen molar-refractivity contribution in [3.63, 3.8) is 0 Å². The Balaban J connectivity index is 1.25. The minimum absolute atomic E-state index is 0.107. The molecule has 0 aromatic heterocycles. The number of carbonyl (C=O) groups is 4. The van der Waals surface area contributed by atoms with Crippen LogP contribution in [0.2, 0.25) is 0 Å². The number of hydrogen-bond donors (Lipinski definition) is 4. The van der Waals surface area contributed by atoms with Crippen molar-refractivity contribution in [3.8, 4) is 17.6 Å². The molecular weight excluding hydrogens is 905 g/mol. The second kappa shape index (κ2) is 20.9. The SMILES string of the molecule is C[C@@H](NC(=O)N1C(=O)[C@@]2(c3cc(C#CC4=CCCCC4)ccc31)[C@H](c1ccccc1OCCO)N1[C@H](c3ccccc3)[C@H](c3ccccc3)OC(=O)[C@H]1[C@@H]2C(=O)NC[C@H](O)c1ccccc1)c1ccccc1. The zero-order valence-electron chi connectivity index (χ0n) is 39.9. The van der Waals surface area contributed by atoms with Crippen molar-refractivity contribution in [2.24, 2.45) is 5.92 Å². The fraction of sp³-hybridized carbons (Fsp3) is 0.267. The molecule has 10 rings (SSSR count). The molecule has 6 aromatic carbocycles. The van der Waals surface area contributed by atoms with Crippen LogP contribution in [0.1, 0.15) is 102 Å². The Morgan fingerprint density at radius 2 is 1.44 bits per heavy atom. The maximum atomic E-state index is 16.8. The number of ether oxygens (including phenoxy) is 2. The van der Waals surface area contributed by atoms with Gasteiger partial charge in [0.1, 0.15) is 29.9 Å². The summed E-state index contributed by atoms with van der Waals surface area (Å²) >= 11 is 0. The predicted molar refractivity (Wildman–Crippen MR) is 272 cm³/mol. The number of urea groups is 1. The van der Waals surface area contributed by atoms with Crippen molar-refractivity contribution in [1.82, 2.24) is 15.5 Å². The van der Waals surface area contributed by atoms with Gasteiger partial charge in [-0.25, -0.2) is 9.69 Å². The van der Waals surface area contributed by atoms with E-state index in [4.69, 9.17) is 9.47 Å². The van der Waals surface area contributed by atoms with Crippen LogP contribution < -0.4 is 20.3 Å². The topological polar surface area (TPSA) is 158 Å². The van der Waals surface area contributed by atoms with E-state index in [2.05, 4.69) is 28.6 Å². The molecule has 1 spiro atoms. The van der Waals surface area contributed by atoms with Gasteiger partial charge in [-0.2, -0.15) is 0 Å². The van der Waals surface area contributed by atoms with Gasteiger partial charge in [-0.15, -0.1) is 0 Å². The lowest BCUT2D eigenvalue weighted by molar-refractivity contribution is -0.178. The summed E-state index contributed by atoms with van der Waals surface area (Å²) in [4.78, 5) is 66.6. The largest absolute Gasteiger partial charge is 0.491 e. The Labute approximate surface area is 419 Å². The number of aliphatic hydroxyl groups is 2. The number of fused-ring (bicyclic) bond motifs is 3. The molecule has 12 heteroatoms. The first-order valence-electron chi connectivity index (χ1n) is 24.7. The van der Waals surface area contributed by atoms with Gasteiger partial charge < -0.3 is 30.3 Å². The quantitative estimate of drug-likeness (QED) is 0.0695. The molecule has 0 bridgehead atoms. The smallest absolute Gasteiger partial charge is 0.329 e. The average molecular weight is 961 g/mol. The normalized spacial score (nSPS) is 23.1. The number of aliphatic hydroxyl groups excluding tert-OH is 2. The Bertz CT molecular complexity index is 3050. The molecule has 72 heavy (non-hydrogen) atoms. The fourth-order valence-electron chi connectivity index (χ4n) is 11.2. The van der Waals surface area contributed by atoms with Crippen molar-refractivity contribution in [3.05, 3.63) is 214 Å². The lowest BCUT2D eigenvalue weighted by Gasteiger charge is -2.46. The second-order valence-corrected chi connectivity index (χ2v) is 18.7. The Kier molecular flexibility index (Phi) is 13.9. The minimum Gasteiger partial charge on any atom is -0.491 e. The van der Waals surface area contributed by atoms with E-state index in [0.29, 0.717) is 33.6 Å². The first-order valence-corrected chi connectivity index (χ1v) is 24.7. The van der Waals surface area contributed by atoms with E-state index < -0.39 is 71.5 Å². The zero-order valence-corrected chi connectivity index (χ0v) is 39.9. The second-order valence-electron chi connectivity index (χ2n) is 18.7. The first-order chi connectivity index (χ1) is 35.2. The molecule has 4 amide bonds. The number of benzene rings is 6. The van der Waals surface area contributed by atoms with Gasteiger partial charge in [-0.05, 0) is 90.3 Å². The molecule has 3 heterocycles. The van der Waals surface area contributed by atoms with Crippen LogP contribution >= 0.6 is 0 Å². The first kappa shape index (κ1) is 47.8. The number of allylic oxidation sites excluding steroid dienone is 2. The van der Waals surface area contributed by atoms with Gasteiger partial charge in [0.2, 0.25) is 11.8 Å². The van der Waals surface area contributed by atoms with Crippen LogP contribution in [0, 0.1) is 17.8 Å². The number of anilines is 1. The molecular formula is C60H56N4O8. The lowest BCUT2D eigenvalue weighted by Crippen LogP contribution is -2.56. The fourth-order valence-corrected chi connectivity index (χ4v) is 11.2. The summed E-state index contributed by atoms with van der Waals surface area (Å²) in [6, 6.07) is 44.7.